The fourth-order valence-corrected chi connectivity index (χ4v) is 2.94. The molecule has 0 saturated heterocycles. The average molecular weight is 475 g/mol. The van der Waals surface area contributed by atoms with Crippen LogP contribution in [0.3, 0.4) is 0 Å². The van der Waals surface area contributed by atoms with Crippen molar-refractivity contribution >= 4 is 35.6 Å². The van der Waals surface area contributed by atoms with Gasteiger partial charge in [0.1, 0.15) is 12.4 Å². The smallest absolute Gasteiger partial charge is 0.193 e. The van der Waals surface area contributed by atoms with E-state index in [1.165, 1.54) is 11.1 Å². The van der Waals surface area contributed by atoms with Crippen LogP contribution >= 0.6 is 24.0 Å². The average Bonchev–Trinajstić information content (AvgIpc) is 3.16. The molecule has 142 valence electrons. The Morgan fingerprint density at radius 3 is 2.33 bits per heavy atom. The molecule has 0 atom stereocenters. The van der Waals surface area contributed by atoms with Crippen LogP contribution in [0, 0.1) is 0 Å². The summed E-state index contributed by atoms with van der Waals surface area (Å²) in [6.07, 6.45) is 3.72. The number of imidazole rings is 1. The summed E-state index contributed by atoms with van der Waals surface area (Å²) in [6.45, 7) is 4.68. The van der Waals surface area contributed by atoms with E-state index in [4.69, 9.17) is 5.73 Å². The fraction of sp³-hybridized carbons (Fsp3) is 0.238. The molecular weight excluding hydrogens is 449 g/mol. The summed E-state index contributed by atoms with van der Waals surface area (Å²) in [5.74, 6) is 1.19. The first-order valence-corrected chi connectivity index (χ1v) is 8.98. The second kappa shape index (κ2) is 10.1. The number of aryl methyl sites for hydroxylation is 2. The van der Waals surface area contributed by atoms with Crippen molar-refractivity contribution in [3.63, 3.8) is 0 Å². The van der Waals surface area contributed by atoms with Crippen LogP contribution in [0.5, 0.6) is 0 Å². The summed E-state index contributed by atoms with van der Waals surface area (Å²) >= 11 is 0. The molecule has 0 unspecified atom stereocenters. The zero-order chi connectivity index (χ0) is 18.4. The van der Waals surface area contributed by atoms with Crippen LogP contribution in [0.4, 0.5) is 5.69 Å². The monoisotopic (exact) mass is 475 g/mol. The Balaban J connectivity index is 0.00000261. The first-order valence-electron chi connectivity index (χ1n) is 8.98. The second-order valence-electron chi connectivity index (χ2n) is 6.09. The molecule has 0 aliphatic rings. The molecule has 0 saturated carbocycles. The molecule has 1 heterocycles. The van der Waals surface area contributed by atoms with Gasteiger partial charge < -0.3 is 16.0 Å². The Morgan fingerprint density at radius 2 is 1.70 bits per heavy atom. The maximum Gasteiger partial charge on any atom is 0.193 e. The Labute approximate surface area is 177 Å². The third kappa shape index (κ3) is 5.32. The lowest BCUT2D eigenvalue weighted by Gasteiger charge is -2.14. The lowest BCUT2D eigenvalue weighted by atomic mass is 10.0. The number of nitrogens with zero attached hydrogens (tertiary/aromatic N) is 2. The third-order valence-corrected chi connectivity index (χ3v) is 4.36. The number of nitrogens with one attached hydrogen (secondary N) is 2. The highest BCUT2D eigenvalue weighted by molar-refractivity contribution is 14.0. The van der Waals surface area contributed by atoms with Crippen molar-refractivity contribution in [1.29, 1.82) is 0 Å². The minimum atomic E-state index is 0. The molecular formula is C21H26IN5. The van der Waals surface area contributed by atoms with Crippen LogP contribution in [-0.4, -0.2) is 15.9 Å². The summed E-state index contributed by atoms with van der Waals surface area (Å²) in [6, 6.07) is 16.4. The van der Waals surface area contributed by atoms with Crippen LogP contribution in [0.2, 0.25) is 0 Å². The van der Waals surface area contributed by atoms with Crippen LogP contribution in [-0.2, 0) is 19.4 Å². The molecule has 0 aliphatic heterocycles. The maximum atomic E-state index is 6.12. The predicted octanol–water partition coefficient (Wildman–Crippen LogP) is 4.75. The zero-order valence-corrected chi connectivity index (χ0v) is 18.0. The van der Waals surface area contributed by atoms with Gasteiger partial charge in [0, 0.05) is 5.69 Å². The van der Waals surface area contributed by atoms with Crippen molar-refractivity contribution in [3.8, 4) is 11.3 Å². The van der Waals surface area contributed by atoms with E-state index in [2.05, 4.69) is 52.3 Å². The van der Waals surface area contributed by atoms with E-state index in [0.29, 0.717) is 12.5 Å². The SMILES string of the molecule is CCc1cccc(CC)c1NC(N)=NCc1ncc(-c2ccccc2)[nH]1.I. The minimum Gasteiger partial charge on any atom is -0.370 e. The summed E-state index contributed by atoms with van der Waals surface area (Å²) in [4.78, 5) is 12.1. The lowest BCUT2D eigenvalue weighted by Crippen LogP contribution is -2.24. The van der Waals surface area contributed by atoms with Crippen LogP contribution in [0.25, 0.3) is 11.3 Å². The van der Waals surface area contributed by atoms with Gasteiger partial charge in [-0.3, -0.25) is 0 Å². The van der Waals surface area contributed by atoms with Crippen LogP contribution in [0.15, 0.2) is 59.7 Å². The molecule has 3 aromatic rings. The third-order valence-electron chi connectivity index (χ3n) is 4.36. The molecule has 4 N–H and O–H groups in total. The highest BCUT2D eigenvalue weighted by atomic mass is 127. The van der Waals surface area contributed by atoms with Gasteiger partial charge in [-0.1, -0.05) is 62.4 Å². The number of anilines is 1. The Bertz CT molecular complexity index is 864. The number of halogens is 1. The predicted molar refractivity (Wildman–Crippen MR) is 124 cm³/mol. The van der Waals surface area contributed by atoms with E-state index in [1.54, 1.807) is 0 Å². The van der Waals surface area contributed by atoms with Gasteiger partial charge in [0.05, 0.1) is 11.9 Å². The molecule has 5 nitrogen and oxygen atoms in total. The van der Waals surface area contributed by atoms with E-state index < -0.39 is 0 Å². The number of guanidine groups is 1. The number of para-hydroxylation sites is 1. The summed E-state index contributed by atoms with van der Waals surface area (Å²) in [5.41, 5.74) is 11.8. The van der Waals surface area contributed by atoms with Crippen molar-refractivity contribution in [2.45, 2.75) is 33.2 Å². The largest absolute Gasteiger partial charge is 0.370 e. The van der Waals surface area contributed by atoms with E-state index in [0.717, 1.165) is 35.6 Å². The highest BCUT2D eigenvalue weighted by Crippen LogP contribution is 2.22. The van der Waals surface area contributed by atoms with Crippen molar-refractivity contribution in [1.82, 2.24) is 9.97 Å². The standard InChI is InChI=1S/C21H25N5.HI/c1-3-15-11-8-12-16(4-2)20(15)26-21(22)24-14-19-23-13-18(25-19)17-9-6-5-7-10-17;/h5-13H,3-4,14H2,1-2H3,(H,23,25)(H3,22,24,26);1H. The molecule has 0 amide bonds. The van der Waals surface area contributed by atoms with Gasteiger partial charge in [0.2, 0.25) is 0 Å². The molecule has 0 radical (unpaired) electrons. The quantitative estimate of drug-likeness (QED) is 0.274. The van der Waals surface area contributed by atoms with Gasteiger partial charge in [-0.2, -0.15) is 0 Å². The van der Waals surface area contributed by atoms with Crippen molar-refractivity contribution < 1.29 is 0 Å². The Kier molecular flexibility index (Phi) is 7.84. The van der Waals surface area contributed by atoms with Gasteiger partial charge in [-0.25, -0.2) is 9.98 Å². The summed E-state index contributed by atoms with van der Waals surface area (Å²) in [5, 5.41) is 3.28. The molecule has 3 rings (SSSR count). The van der Waals surface area contributed by atoms with Crippen LogP contribution < -0.4 is 11.1 Å². The fourth-order valence-electron chi connectivity index (χ4n) is 2.94. The number of rotatable bonds is 6. The van der Waals surface area contributed by atoms with E-state index in [-0.39, 0.29) is 24.0 Å². The number of aromatic nitrogens is 2. The maximum absolute atomic E-state index is 6.12. The minimum absolute atomic E-state index is 0. The van der Waals surface area contributed by atoms with Gasteiger partial charge >= 0.3 is 0 Å². The number of aliphatic imine (C=N–C) groups is 1. The van der Waals surface area contributed by atoms with E-state index in [9.17, 15) is 0 Å². The number of benzene rings is 2. The zero-order valence-electron chi connectivity index (χ0n) is 15.7. The summed E-state index contributed by atoms with van der Waals surface area (Å²) in [7, 11) is 0. The first kappa shape index (κ1) is 21.0. The normalized spacial score (nSPS) is 11.1. The van der Waals surface area contributed by atoms with Gasteiger partial charge in [-0.15, -0.1) is 24.0 Å². The molecule has 2 aromatic carbocycles. The van der Waals surface area contributed by atoms with Crippen LogP contribution in [0.1, 0.15) is 30.8 Å². The summed E-state index contributed by atoms with van der Waals surface area (Å²) < 4.78 is 0. The van der Waals surface area contributed by atoms with Crippen molar-refractivity contribution in [2.75, 3.05) is 5.32 Å². The first-order chi connectivity index (χ1) is 12.7. The molecule has 1 aromatic heterocycles. The number of nitrogens with two attached hydrogens (primary N) is 1. The number of H-pyrrole nitrogens is 1. The van der Waals surface area contributed by atoms with Crippen molar-refractivity contribution in [2.24, 2.45) is 10.7 Å². The number of hydrogen-bond donors (Lipinski definition) is 3. The highest BCUT2D eigenvalue weighted by Gasteiger charge is 2.07. The van der Waals surface area contributed by atoms with Gasteiger partial charge in [0.25, 0.3) is 0 Å². The molecule has 27 heavy (non-hydrogen) atoms. The number of hydrogen-bond acceptors (Lipinski definition) is 2. The molecule has 6 heteroatoms. The van der Waals surface area contributed by atoms with Crippen molar-refractivity contribution in [3.05, 3.63) is 71.7 Å². The van der Waals surface area contributed by atoms with E-state index in [1.807, 2.05) is 36.5 Å². The molecule has 0 bridgehead atoms. The van der Waals surface area contributed by atoms with Gasteiger partial charge in [-0.05, 0) is 29.5 Å². The topological polar surface area (TPSA) is 79.1 Å². The Morgan fingerprint density at radius 1 is 1.04 bits per heavy atom. The molecule has 0 spiro atoms. The molecule has 0 aliphatic carbocycles. The molecule has 0 fully saturated rings. The lowest BCUT2D eigenvalue weighted by molar-refractivity contribution is 0.946. The van der Waals surface area contributed by atoms with E-state index >= 15 is 0 Å². The number of aromatic amines is 1. The van der Waals surface area contributed by atoms with Gasteiger partial charge in [0.15, 0.2) is 5.96 Å². The Hall–Kier alpha value is -2.35. The second-order valence-corrected chi connectivity index (χ2v) is 6.09.